The summed E-state index contributed by atoms with van der Waals surface area (Å²) in [6.45, 7) is 3.50. The Hall–Kier alpha value is -3.29. The lowest BCUT2D eigenvalue weighted by Gasteiger charge is -2.16. The Morgan fingerprint density at radius 3 is 2.52 bits per heavy atom. The smallest absolute Gasteiger partial charge is 0.294 e. The van der Waals surface area contributed by atoms with Crippen molar-refractivity contribution in [3.63, 3.8) is 0 Å². The van der Waals surface area contributed by atoms with Gasteiger partial charge in [-0.05, 0) is 37.6 Å². The number of rotatable bonds is 3. The molecular formula is C17H16N4O4. The first-order chi connectivity index (χ1) is 11.7. The van der Waals surface area contributed by atoms with Crippen molar-refractivity contribution in [2.45, 2.75) is 19.3 Å². The molecule has 0 atom stereocenters. The van der Waals surface area contributed by atoms with Gasteiger partial charge in [0.05, 0.1) is 16.0 Å². The van der Waals surface area contributed by atoms with E-state index in [0.29, 0.717) is 16.8 Å². The van der Waals surface area contributed by atoms with Crippen LogP contribution in [0.5, 0.6) is 0 Å². The molecule has 8 heteroatoms. The van der Waals surface area contributed by atoms with E-state index in [1.54, 1.807) is 20.9 Å². The average molecular weight is 340 g/mol. The van der Waals surface area contributed by atoms with Crippen molar-refractivity contribution in [1.82, 2.24) is 4.98 Å². The van der Waals surface area contributed by atoms with E-state index in [1.165, 1.54) is 41.6 Å². The molecule has 2 heterocycles. The zero-order valence-corrected chi connectivity index (χ0v) is 13.9. The lowest BCUT2D eigenvalue weighted by Crippen LogP contribution is -2.33. The molecule has 3 rings (SSSR count). The lowest BCUT2D eigenvalue weighted by atomic mass is 9.86. The molecule has 0 saturated carbocycles. The fourth-order valence-electron chi connectivity index (χ4n) is 2.95. The molecule has 0 aliphatic carbocycles. The Bertz CT molecular complexity index is 893. The lowest BCUT2D eigenvalue weighted by molar-refractivity contribution is -0.383. The van der Waals surface area contributed by atoms with Gasteiger partial charge in [0.15, 0.2) is 0 Å². The van der Waals surface area contributed by atoms with E-state index in [2.05, 4.69) is 10.3 Å². The molecule has 1 aromatic heterocycles. The number of hydrogen-bond donors (Lipinski definition) is 1. The molecule has 0 spiro atoms. The van der Waals surface area contributed by atoms with Gasteiger partial charge in [-0.2, -0.15) is 0 Å². The molecule has 0 bridgehead atoms. The molecule has 1 aliphatic rings. The molecule has 0 saturated heterocycles. The van der Waals surface area contributed by atoms with Gasteiger partial charge in [0.25, 0.3) is 11.6 Å². The van der Waals surface area contributed by atoms with E-state index in [-0.39, 0.29) is 17.3 Å². The fourth-order valence-corrected chi connectivity index (χ4v) is 2.95. The summed E-state index contributed by atoms with van der Waals surface area (Å²) in [5.41, 5.74) is 0.409. The van der Waals surface area contributed by atoms with Crippen LogP contribution in [0.1, 0.15) is 29.8 Å². The Balaban J connectivity index is 2.08. The first kappa shape index (κ1) is 16.6. The van der Waals surface area contributed by atoms with Gasteiger partial charge in [-0.3, -0.25) is 24.7 Å². The van der Waals surface area contributed by atoms with Gasteiger partial charge in [0, 0.05) is 31.1 Å². The van der Waals surface area contributed by atoms with Crippen LogP contribution in [-0.2, 0) is 10.2 Å². The quantitative estimate of drug-likeness (QED) is 0.682. The minimum atomic E-state index is -0.824. The van der Waals surface area contributed by atoms with Crippen molar-refractivity contribution < 1.29 is 14.5 Å². The summed E-state index contributed by atoms with van der Waals surface area (Å²) in [6.07, 6.45) is 2.92. The van der Waals surface area contributed by atoms with Crippen LogP contribution >= 0.6 is 0 Å². The monoisotopic (exact) mass is 340 g/mol. The molecule has 1 aliphatic heterocycles. The topological polar surface area (TPSA) is 105 Å². The molecule has 8 nitrogen and oxygen atoms in total. The van der Waals surface area contributed by atoms with Crippen molar-refractivity contribution in [1.29, 1.82) is 0 Å². The molecular weight excluding hydrogens is 324 g/mol. The third-order valence-corrected chi connectivity index (χ3v) is 4.38. The number of nitro groups is 1. The summed E-state index contributed by atoms with van der Waals surface area (Å²) >= 11 is 0. The number of fused-ring (bicyclic) bond motifs is 1. The summed E-state index contributed by atoms with van der Waals surface area (Å²) in [5, 5.41) is 14.0. The minimum Gasteiger partial charge on any atom is -0.316 e. The molecule has 0 radical (unpaired) electrons. The predicted octanol–water partition coefficient (Wildman–Crippen LogP) is 2.50. The fraction of sp³-hybridized carbons (Fsp3) is 0.235. The highest BCUT2D eigenvalue weighted by atomic mass is 16.6. The van der Waals surface area contributed by atoms with Crippen molar-refractivity contribution >= 4 is 28.9 Å². The molecule has 2 amide bonds. The summed E-state index contributed by atoms with van der Waals surface area (Å²) in [4.78, 5) is 40.8. The second kappa shape index (κ2) is 5.66. The van der Waals surface area contributed by atoms with E-state index in [4.69, 9.17) is 0 Å². The summed E-state index contributed by atoms with van der Waals surface area (Å²) < 4.78 is 0. The molecule has 25 heavy (non-hydrogen) atoms. The largest absolute Gasteiger partial charge is 0.316 e. The number of likely N-dealkylation sites (N-methyl/N-ethyl adjacent to an activating group) is 1. The van der Waals surface area contributed by atoms with E-state index < -0.39 is 16.2 Å². The first-order valence-electron chi connectivity index (χ1n) is 7.56. The van der Waals surface area contributed by atoms with Crippen LogP contribution in [0.4, 0.5) is 17.1 Å². The van der Waals surface area contributed by atoms with Crippen molar-refractivity contribution in [2.24, 2.45) is 0 Å². The van der Waals surface area contributed by atoms with E-state index in [9.17, 15) is 19.7 Å². The van der Waals surface area contributed by atoms with Crippen LogP contribution in [0.2, 0.25) is 0 Å². The van der Waals surface area contributed by atoms with Gasteiger partial charge in [0.1, 0.15) is 5.69 Å². The minimum absolute atomic E-state index is 0.0572. The zero-order chi connectivity index (χ0) is 18.4. The van der Waals surface area contributed by atoms with Crippen LogP contribution in [0, 0.1) is 10.1 Å². The highest BCUT2D eigenvalue weighted by Crippen LogP contribution is 2.45. The highest BCUT2D eigenvalue weighted by molar-refractivity contribution is 6.10. The van der Waals surface area contributed by atoms with Gasteiger partial charge in [-0.25, -0.2) is 0 Å². The van der Waals surface area contributed by atoms with E-state index >= 15 is 0 Å². The Morgan fingerprint density at radius 1 is 1.28 bits per heavy atom. The molecule has 1 aromatic carbocycles. The third-order valence-electron chi connectivity index (χ3n) is 4.38. The Kier molecular flexibility index (Phi) is 3.75. The van der Waals surface area contributed by atoms with Gasteiger partial charge < -0.3 is 10.2 Å². The number of nitro benzene ring substituents is 1. The molecule has 128 valence electrons. The van der Waals surface area contributed by atoms with Crippen LogP contribution in [0.25, 0.3) is 0 Å². The standard InChI is InChI=1S/C17H16N4O4/c1-17(2)11-8-12(19-15(22)10-4-6-18-7-5-10)14(21(24)25)9-13(11)20(3)16(17)23/h4-9H,1-3H3,(H,19,22). The van der Waals surface area contributed by atoms with Crippen LogP contribution in [0.3, 0.4) is 0 Å². The average Bonchev–Trinajstić information content (AvgIpc) is 2.75. The van der Waals surface area contributed by atoms with E-state index in [0.717, 1.165) is 0 Å². The van der Waals surface area contributed by atoms with Crippen LogP contribution in [0.15, 0.2) is 36.7 Å². The van der Waals surface area contributed by atoms with Crippen LogP contribution in [-0.4, -0.2) is 28.8 Å². The summed E-state index contributed by atoms with van der Waals surface area (Å²) in [5.74, 6) is -0.643. The van der Waals surface area contributed by atoms with Gasteiger partial charge in [-0.1, -0.05) is 0 Å². The molecule has 1 N–H and O–H groups in total. The molecule has 0 unspecified atom stereocenters. The number of amides is 2. The number of nitrogens with zero attached hydrogens (tertiary/aromatic N) is 3. The first-order valence-corrected chi connectivity index (χ1v) is 7.56. The van der Waals surface area contributed by atoms with Gasteiger partial charge >= 0.3 is 0 Å². The van der Waals surface area contributed by atoms with E-state index in [1.807, 2.05) is 0 Å². The zero-order valence-electron chi connectivity index (χ0n) is 13.9. The number of pyridine rings is 1. The number of aromatic nitrogens is 1. The second-order valence-corrected chi connectivity index (χ2v) is 6.32. The number of hydrogen-bond acceptors (Lipinski definition) is 5. The van der Waals surface area contributed by atoms with Crippen molar-refractivity contribution in [3.8, 4) is 0 Å². The molecule has 2 aromatic rings. The van der Waals surface area contributed by atoms with Crippen molar-refractivity contribution in [3.05, 3.63) is 57.9 Å². The Labute approximate surface area is 143 Å². The number of carbonyl (C=O) groups excluding carboxylic acids is 2. The highest BCUT2D eigenvalue weighted by Gasteiger charge is 2.43. The van der Waals surface area contributed by atoms with Gasteiger partial charge in [-0.15, -0.1) is 0 Å². The SMILES string of the molecule is CN1C(=O)C(C)(C)c2cc(NC(=O)c3ccncc3)c([N+](=O)[O-])cc21. The second-order valence-electron chi connectivity index (χ2n) is 6.32. The Morgan fingerprint density at radius 2 is 1.92 bits per heavy atom. The van der Waals surface area contributed by atoms with Crippen LogP contribution < -0.4 is 10.2 Å². The van der Waals surface area contributed by atoms with Gasteiger partial charge in [0.2, 0.25) is 5.91 Å². The maximum Gasteiger partial charge on any atom is 0.294 e. The maximum absolute atomic E-state index is 12.4. The normalized spacial score (nSPS) is 15.0. The maximum atomic E-state index is 12.4. The number of nitrogens with one attached hydrogen (secondary N) is 1. The summed E-state index contributed by atoms with van der Waals surface area (Å²) in [7, 11) is 1.58. The number of anilines is 2. The predicted molar refractivity (Wildman–Crippen MR) is 91.7 cm³/mol. The molecule has 0 fully saturated rings. The summed E-state index contributed by atoms with van der Waals surface area (Å²) in [6, 6.07) is 5.85. The number of carbonyl (C=O) groups is 2. The number of benzene rings is 1. The van der Waals surface area contributed by atoms with Crippen molar-refractivity contribution in [2.75, 3.05) is 17.3 Å². The third kappa shape index (κ3) is 2.61.